The standard InChI is InChI=1S/C15H23N3O/c1-4-15(6-5-7-15)10-18-14(19)12-9-17-11(2)8-13(12)16-3/h8-9H,4-7,10H2,1-3H3,(H,16,17)(H,18,19). The van der Waals surface area contributed by atoms with Crippen molar-refractivity contribution in [2.75, 3.05) is 18.9 Å². The van der Waals surface area contributed by atoms with E-state index in [2.05, 4.69) is 22.5 Å². The van der Waals surface area contributed by atoms with E-state index in [4.69, 9.17) is 0 Å². The molecule has 0 saturated heterocycles. The number of aryl methyl sites for hydroxylation is 1. The van der Waals surface area contributed by atoms with Gasteiger partial charge in [-0.25, -0.2) is 0 Å². The Morgan fingerprint density at radius 2 is 2.21 bits per heavy atom. The number of nitrogens with one attached hydrogen (secondary N) is 2. The topological polar surface area (TPSA) is 54.0 Å². The largest absolute Gasteiger partial charge is 0.387 e. The van der Waals surface area contributed by atoms with Gasteiger partial charge in [0, 0.05) is 25.5 Å². The molecule has 2 N–H and O–H groups in total. The van der Waals surface area contributed by atoms with Crippen molar-refractivity contribution >= 4 is 11.6 Å². The number of aromatic nitrogens is 1. The number of hydrogen-bond acceptors (Lipinski definition) is 3. The summed E-state index contributed by atoms with van der Waals surface area (Å²) in [5, 5.41) is 6.12. The van der Waals surface area contributed by atoms with E-state index < -0.39 is 0 Å². The van der Waals surface area contributed by atoms with Crippen LogP contribution < -0.4 is 10.6 Å². The fourth-order valence-corrected chi connectivity index (χ4v) is 2.64. The van der Waals surface area contributed by atoms with Gasteiger partial charge in [0.05, 0.1) is 11.3 Å². The van der Waals surface area contributed by atoms with Crippen LogP contribution in [0.5, 0.6) is 0 Å². The zero-order chi connectivity index (χ0) is 13.9. The molecule has 2 rings (SSSR count). The van der Waals surface area contributed by atoms with Crippen LogP contribution in [-0.4, -0.2) is 24.5 Å². The Labute approximate surface area is 115 Å². The minimum absolute atomic E-state index is 0.0309. The normalized spacial score (nSPS) is 16.6. The van der Waals surface area contributed by atoms with Crippen LogP contribution in [-0.2, 0) is 0 Å². The van der Waals surface area contributed by atoms with E-state index in [9.17, 15) is 4.79 Å². The molecule has 19 heavy (non-hydrogen) atoms. The number of pyridine rings is 1. The van der Waals surface area contributed by atoms with Gasteiger partial charge in [-0.2, -0.15) is 0 Å². The highest BCUT2D eigenvalue weighted by Crippen LogP contribution is 2.43. The predicted octanol–water partition coefficient (Wildman–Crippen LogP) is 2.74. The van der Waals surface area contributed by atoms with Crippen LogP contribution >= 0.6 is 0 Å². The van der Waals surface area contributed by atoms with Crippen molar-refractivity contribution < 1.29 is 4.79 Å². The van der Waals surface area contributed by atoms with Crippen LogP contribution in [0.3, 0.4) is 0 Å². The van der Waals surface area contributed by atoms with E-state index in [0.29, 0.717) is 11.0 Å². The molecule has 4 heteroatoms. The first-order valence-electron chi connectivity index (χ1n) is 7.03. The second-order valence-corrected chi connectivity index (χ2v) is 5.51. The molecular weight excluding hydrogens is 238 g/mol. The van der Waals surface area contributed by atoms with E-state index >= 15 is 0 Å². The minimum Gasteiger partial charge on any atom is -0.387 e. The molecule has 0 aliphatic heterocycles. The molecule has 1 saturated carbocycles. The third-order valence-corrected chi connectivity index (χ3v) is 4.34. The van der Waals surface area contributed by atoms with E-state index in [-0.39, 0.29) is 5.91 Å². The summed E-state index contributed by atoms with van der Waals surface area (Å²) in [5.41, 5.74) is 2.71. The van der Waals surface area contributed by atoms with E-state index in [1.807, 2.05) is 20.0 Å². The highest BCUT2D eigenvalue weighted by molar-refractivity contribution is 5.99. The Hall–Kier alpha value is -1.58. The highest BCUT2D eigenvalue weighted by Gasteiger charge is 2.35. The smallest absolute Gasteiger partial charge is 0.254 e. The van der Waals surface area contributed by atoms with Gasteiger partial charge < -0.3 is 10.6 Å². The number of carbonyl (C=O) groups excluding carboxylic acids is 1. The Bertz CT molecular complexity index is 461. The third-order valence-electron chi connectivity index (χ3n) is 4.34. The number of nitrogens with zero attached hydrogens (tertiary/aromatic N) is 1. The van der Waals surface area contributed by atoms with E-state index in [1.54, 1.807) is 6.20 Å². The lowest BCUT2D eigenvalue weighted by atomic mass is 9.67. The zero-order valence-corrected chi connectivity index (χ0v) is 12.0. The molecule has 0 radical (unpaired) electrons. The lowest BCUT2D eigenvalue weighted by molar-refractivity contribution is 0.0850. The van der Waals surface area contributed by atoms with Crippen LogP contribution in [0.1, 0.15) is 48.7 Å². The molecule has 4 nitrogen and oxygen atoms in total. The van der Waals surface area contributed by atoms with E-state index in [0.717, 1.165) is 24.3 Å². The maximum atomic E-state index is 12.2. The van der Waals surface area contributed by atoms with Crippen molar-refractivity contribution in [3.05, 3.63) is 23.5 Å². The molecule has 1 fully saturated rings. The number of anilines is 1. The average molecular weight is 261 g/mol. The summed E-state index contributed by atoms with van der Waals surface area (Å²) >= 11 is 0. The molecule has 0 aromatic carbocycles. The van der Waals surface area contributed by atoms with Gasteiger partial charge in [0.15, 0.2) is 0 Å². The number of rotatable bonds is 5. The lowest BCUT2D eigenvalue weighted by Crippen LogP contribution is -2.41. The van der Waals surface area contributed by atoms with Crippen molar-refractivity contribution in [1.29, 1.82) is 0 Å². The summed E-state index contributed by atoms with van der Waals surface area (Å²) in [6.07, 6.45) is 6.54. The maximum absolute atomic E-state index is 12.2. The summed E-state index contributed by atoms with van der Waals surface area (Å²) in [4.78, 5) is 16.5. The predicted molar refractivity (Wildman–Crippen MR) is 77.4 cm³/mol. The monoisotopic (exact) mass is 261 g/mol. The first-order valence-corrected chi connectivity index (χ1v) is 7.03. The van der Waals surface area contributed by atoms with Gasteiger partial charge in [-0.15, -0.1) is 0 Å². The van der Waals surface area contributed by atoms with Gasteiger partial charge in [0.25, 0.3) is 5.91 Å². The molecule has 1 aliphatic rings. The first kappa shape index (κ1) is 13.8. The quantitative estimate of drug-likeness (QED) is 0.857. The van der Waals surface area contributed by atoms with Gasteiger partial charge in [0.2, 0.25) is 0 Å². The maximum Gasteiger partial charge on any atom is 0.254 e. The van der Waals surface area contributed by atoms with Gasteiger partial charge >= 0.3 is 0 Å². The van der Waals surface area contributed by atoms with Gasteiger partial charge in [-0.05, 0) is 37.7 Å². The molecule has 1 aromatic heterocycles. The number of hydrogen-bond donors (Lipinski definition) is 2. The van der Waals surface area contributed by atoms with Crippen molar-refractivity contribution in [1.82, 2.24) is 10.3 Å². The summed E-state index contributed by atoms with van der Waals surface area (Å²) in [7, 11) is 1.82. The molecule has 0 bridgehead atoms. The van der Waals surface area contributed by atoms with Crippen molar-refractivity contribution in [2.45, 2.75) is 39.5 Å². The highest BCUT2D eigenvalue weighted by atomic mass is 16.1. The minimum atomic E-state index is -0.0309. The Morgan fingerprint density at radius 3 is 2.74 bits per heavy atom. The van der Waals surface area contributed by atoms with Crippen LogP contribution in [0.4, 0.5) is 5.69 Å². The van der Waals surface area contributed by atoms with Gasteiger partial charge in [-0.3, -0.25) is 9.78 Å². The van der Waals surface area contributed by atoms with Gasteiger partial charge in [-0.1, -0.05) is 13.3 Å². The fraction of sp³-hybridized carbons (Fsp3) is 0.600. The fourth-order valence-electron chi connectivity index (χ4n) is 2.64. The molecule has 0 unspecified atom stereocenters. The zero-order valence-electron chi connectivity index (χ0n) is 12.0. The molecule has 1 heterocycles. The Morgan fingerprint density at radius 1 is 1.47 bits per heavy atom. The van der Waals surface area contributed by atoms with Crippen molar-refractivity contribution in [3.63, 3.8) is 0 Å². The van der Waals surface area contributed by atoms with Crippen LogP contribution in [0.15, 0.2) is 12.3 Å². The molecule has 1 amide bonds. The first-order chi connectivity index (χ1) is 9.10. The lowest BCUT2D eigenvalue weighted by Gasteiger charge is -2.41. The number of carbonyl (C=O) groups is 1. The second-order valence-electron chi connectivity index (χ2n) is 5.51. The van der Waals surface area contributed by atoms with Crippen molar-refractivity contribution in [3.8, 4) is 0 Å². The van der Waals surface area contributed by atoms with Gasteiger partial charge in [0.1, 0.15) is 0 Å². The Kier molecular flexibility index (Phi) is 4.08. The van der Waals surface area contributed by atoms with Crippen molar-refractivity contribution in [2.24, 2.45) is 5.41 Å². The van der Waals surface area contributed by atoms with Crippen LogP contribution in [0.25, 0.3) is 0 Å². The molecule has 0 atom stereocenters. The molecule has 1 aromatic rings. The summed E-state index contributed by atoms with van der Waals surface area (Å²) in [5.74, 6) is -0.0309. The Balaban J connectivity index is 2.03. The molecule has 1 aliphatic carbocycles. The summed E-state index contributed by atoms with van der Waals surface area (Å²) in [6.45, 7) is 4.90. The van der Waals surface area contributed by atoms with Crippen LogP contribution in [0.2, 0.25) is 0 Å². The SMILES string of the molecule is CCC1(CNC(=O)c2cnc(C)cc2NC)CCC1. The third kappa shape index (κ3) is 2.88. The van der Waals surface area contributed by atoms with Crippen LogP contribution in [0, 0.1) is 12.3 Å². The van der Waals surface area contributed by atoms with E-state index in [1.165, 1.54) is 19.3 Å². The summed E-state index contributed by atoms with van der Waals surface area (Å²) in [6, 6.07) is 1.90. The second kappa shape index (κ2) is 5.59. The number of amides is 1. The average Bonchev–Trinajstić information content (AvgIpc) is 2.37. The molecular formula is C15H23N3O. The summed E-state index contributed by atoms with van der Waals surface area (Å²) < 4.78 is 0. The molecule has 104 valence electrons. The molecule has 0 spiro atoms.